The van der Waals surface area contributed by atoms with E-state index in [4.69, 9.17) is 28.5 Å². The van der Waals surface area contributed by atoms with Gasteiger partial charge in [-0.25, -0.2) is 4.39 Å². The minimum Gasteiger partial charge on any atom is -0.206 e. The fourth-order valence-corrected chi connectivity index (χ4v) is 2.23. The maximum Gasteiger partial charge on any atom is 0.132 e. The summed E-state index contributed by atoms with van der Waals surface area (Å²) in [5.74, 6) is -0.478. The molecule has 0 aromatic heterocycles. The molecular weight excluding hydrogens is 284 g/mol. The Morgan fingerprint density at radius 2 is 1.89 bits per heavy atom. The van der Waals surface area contributed by atoms with E-state index in [1.54, 1.807) is 30.3 Å². The third-order valence-electron chi connectivity index (χ3n) is 2.58. The minimum absolute atomic E-state index is 0.202. The van der Waals surface area contributed by atoms with E-state index in [2.05, 4.69) is 0 Å². The lowest BCUT2D eigenvalue weighted by molar-refractivity contribution is 0.624. The van der Waals surface area contributed by atoms with Crippen LogP contribution in [0.25, 0.3) is 5.57 Å². The van der Waals surface area contributed by atoms with Crippen molar-refractivity contribution in [3.63, 3.8) is 0 Å². The van der Waals surface area contributed by atoms with Crippen molar-refractivity contribution in [2.75, 3.05) is 0 Å². The van der Waals surface area contributed by atoms with Gasteiger partial charge in [-0.2, -0.15) is 5.26 Å². The van der Waals surface area contributed by atoms with Gasteiger partial charge in [0.1, 0.15) is 5.82 Å². The van der Waals surface area contributed by atoms with Crippen molar-refractivity contribution >= 4 is 28.8 Å². The summed E-state index contributed by atoms with van der Waals surface area (Å²) in [5.41, 5.74) is 1.25. The molecule has 0 radical (unpaired) electrons. The van der Waals surface area contributed by atoms with E-state index in [0.29, 0.717) is 16.2 Å². The van der Waals surface area contributed by atoms with Gasteiger partial charge < -0.3 is 0 Å². The number of nitriles is 1. The first-order valence-corrected chi connectivity index (χ1v) is 6.19. The molecule has 0 fully saturated rings. The summed E-state index contributed by atoms with van der Waals surface area (Å²) in [6.07, 6.45) is 1.26. The van der Waals surface area contributed by atoms with Crippen molar-refractivity contribution in [2.45, 2.75) is 0 Å². The fraction of sp³-hybridized carbons (Fsp3) is 0. The average molecular weight is 292 g/mol. The van der Waals surface area contributed by atoms with Gasteiger partial charge in [0.2, 0.25) is 0 Å². The van der Waals surface area contributed by atoms with Crippen LogP contribution in [0.5, 0.6) is 0 Å². The number of hydrogen-bond donors (Lipinski definition) is 0. The van der Waals surface area contributed by atoms with Gasteiger partial charge in [0.05, 0.1) is 11.1 Å². The molecule has 0 saturated heterocycles. The Labute approximate surface area is 120 Å². The normalized spacial score (nSPS) is 11.2. The van der Waals surface area contributed by atoms with Crippen molar-refractivity contribution in [3.8, 4) is 6.07 Å². The Kier molecular flexibility index (Phi) is 4.21. The molecule has 4 heteroatoms. The Morgan fingerprint density at radius 3 is 2.53 bits per heavy atom. The molecule has 0 aliphatic heterocycles. The molecule has 0 amide bonds. The van der Waals surface area contributed by atoms with E-state index in [9.17, 15) is 4.39 Å². The molecule has 0 aliphatic rings. The van der Waals surface area contributed by atoms with Crippen molar-refractivity contribution in [2.24, 2.45) is 0 Å². The van der Waals surface area contributed by atoms with Crippen molar-refractivity contribution in [3.05, 3.63) is 75.5 Å². The highest BCUT2D eigenvalue weighted by molar-refractivity contribution is 6.33. The van der Waals surface area contributed by atoms with Gasteiger partial charge in [0.15, 0.2) is 0 Å². The third-order valence-corrected chi connectivity index (χ3v) is 3.13. The largest absolute Gasteiger partial charge is 0.206 e. The highest BCUT2D eigenvalue weighted by Gasteiger charge is 2.14. The second-order valence-electron chi connectivity index (χ2n) is 3.79. The van der Waals surface area contributed by atoms with Crippen LogP contribution in [-0.2, 0) is 0 Å². The molecule has 0 N–H and O–H groups in total. The van der Waals surface area contributed by atoms with Crippen LogP contribution >= 0.6 is 23.2 Å². The SMILES string of the molecule is N#C/C=C(/c1cccc(Cl)c1)c1c(F)cccc1Cl. The highest BCUT2D eigenvalue weighted by atomic mass is 35.5. The van der Waals surface area contributed by atoms with E-state index >= 15 is 0 Å². The molecular formula is C15H8Cl2FN. The van der Waals surface area contributed by atoms with Crippen LogP contribution in [0.2, 0.25) is 10.0 Å². The Bertz CT molecular complexity index is 667. The van der Waals surface area contributed by atoms with E-state index in [-0.39, 0.29) is 10.6 Å². The van der Waals surface area contributed by atoms with Gasteiger partial charge >= 0.3 is 0 Å². The molecule has 19 heavy (non-hydrogen) atoms. The van der Waals surface area contributed by atoms with Gasteiger partial charge in [0.25, 0.3) is 0 Å². The summed E-state index contributed by atoms with van der Waals surface area (Å²) in [6, 6.07) is 13.2. The summed E-state index contributed by atoms with van der Waals surface area (Å²) in [4.78, 5) is 0. The van der Waals surface area contributed by atoms with Crippen LogP contribution in [0.4, 0.5) is 4.39 Å². The van der Waals surface area contributed by atoms with E-state index in [1.165, 1.54) is 18.2 Å². The molecule has 0 saturated carbocycles. The van der Waals surface area contributed by atoms with Crippen molar-refractivity contribution < 1.29 is 4.39 Å². The van der Waals surface area contributed by atoms with Gasteiger partial charge in [-0.3, -0.25) is 0 Å². The molecule has 1 nitrogen and oxygen atoms in total. The van der Waals surface area contributed by atoms with Crippen LogP contribution in [0, 0.1) is 17.1 Å². The summed E-state index contributed by atoms with van der Waals surface area (Å²) >= 11 is 11.9. The van der Waals surface area contributed by atoms with Crippen LogP contribution in [0.15, 0.2) is 48.5 Å². The van der Waals surface area contributed by atoms with E-state index in [1.807, 2.05) is 6.07 Å². The predicted molar refractivity (Wildman–Crippen MR) is 75.6 cm³/mol. The van der Waals surface area contributed by atoms with Crippen LogP contribution in [-0.4, -0.2) is 0 Å². The predicted octanol–water partition coefficient (Wildman–Crippen LogP) is 5.09. The molecule has 0 heterocycles. The quantitative estimate of drug-likeness (QED) is 0.707. The molecule has 0 aliphatic carbocycles. The lowest BCUT2D eigenvalue weighted by atomic mass is 9.97. The second-order valence-corrected chi connectivity index (χ2v) is 4.64. The average Bonchev–Trinajstić information content (AvgIpc) is 2.37. The van der Waals surface area contributed by atoms with Crippen LogP contribution in [0.3, 0.4) is 0 Å². The van der Waals surface area contributed by atoms with E-state index < -0.39 is 5.82 Å². The molecule has 0 unspecified atom stereocenters. The Balaban J connectivity index is 2.67. The molecule has 0 atom stereocenters. The first-order chi connectivity index (χ1) is 9.13. The zero-order valence-corrected chi connectivity index (χ0v) is 11.2. The van der Waals surface area contributed by atoms with Crippen LogP contribution < -0.4 is 0 Å². The topological polar surface area (TPSA) is 23.8 Å². The van der Waals surface area contributed by atoms with Gasteiger partial charge in [-0.05, 0) is 29.8 Å². The fourth-order valence-electron chi connectivity index (χ4n) is 1.78. The Hall–Kier alpha value is -1.82. The summed E-state index contributed by atoms with van der Waals surface area (Å²) in [5, 5.41) is 9.65. The lowest BCUT2D eigenvalue weighted by Gasteiger charge is -2.10. The summed E-state index contributed by atoms with van der Waals surface area (Å²) in [7, 11) is 0. The third kappa shape index (κ3) is 2.96. The second kappa shape index (κ2) is 5.88. The Morgan fingerprint density at radius 1 is 1.16 bits per heavy atom. The molecule has 94 valence electrons. The number of nitrogens with zero attached hydrogens (tertiary/aromatic N) is 1. The standard InChI is InChI=1S/C15H8Cl2FN/c16-11-4-1-3-10(9-11)12(7-8-19)15-13(17)5-2-6-14(15)18/h1-7,9H/b12-7-. The number of allylic oxidation sites excluding steroid dienone is 1. The smallest absolute Gasteiger partial charge is 0.132 e. The number of hydrogen-bond acceptors (Lipinski definition) is 1. The zero-order valence-electron chi connectivity index (χ0n) is 9.70. The monoisotopic (exact) mass is 291 g/mol. The number of benzene rings is 2. The molecule has 2 rings (SSSR count). The van der Waals surface area contributed by atoms with Gasteiger partial charge in [0, 0.05) is 22.2 Å². The maximum absolute atomic E-state index is 13.9. The molecule has 2 aromatic rings. The number of halogens is 3. The molecule has 2 aromatic carbocycles. The van der Waals surface area contributed by atoms with Gasteiger partial charge in [-0.1, -0.05) is 41.4 Å². The summed E-state index contributed by atoms with van der Waals surface area (Å²) in [6.45, 7) is 0. The number of rotatable bonds is 2. The minimum atomic E-state index is -0.478. The molecule has 0 spiro atoms. The first-order valence-electron chi connectivity index (χ1n) is 5.43. The van der Waals surface area contributed by atoms with Crippen molar-refractivity contribution in [1.82, 2.24) is 0 Å². The lowest BCUT2D eigenvalue weighted by Crippen LogP contribution is -1.93. The zero-order chi connectivity index (χ0) is 13.8. The molecule has 0 bridgehead atoms. The highest BCUT2D eigenvalue weighted by Crippen LogP contribution is 2.32. The maximum atomic E-state index is 13.9. The van der Waals surface area contributed by atoms with Crippen LogP contribution in [0.1, 0.15) is 11.1 Å². The van der Waals surface area contributed by atoms with Crippen molar-refractivity contribution in [1.29, 1.82) is 5.26 Å². The summed E-state index contributed by atoms with van der Waals surface area (Å²) < 4.78 is 13.9. The van der Waals surface area contributed by atoms with Gasteiger partial charge in [-0.15, -0.1) is 0 Å². The first kappa shape index (κ1) is 13.6. The van der Waals surface area contributed by atoms with E-state index in [0.717, 1.165) is 0 Å².